The molecule has 164 valence electrons. The minimum Gasteiger partial charge on any atom is -0.380 e. The Balaban J connectivity index is 1.47. The van der Waals surface area contributed by atoms with Crippen LogP contribution in [0.15, 0.2) is 71.6 Å². The normalized spacial score (nSPS) is 11.1. The number of fused-ring (bicyclic) bond motifs is 1. The Labute approximate surface area is 195 Å². The summed E-state index contributed by atoms with van der Waals surface area (Å²) >= 11 is 3.39. The Morgan fingerprint density at radius 2 is 1.97 bits per heavy atom. The number of rotatable bonds is 8. The van der Waals surface area contributed by atoms with Crippen molar-refractivity contribution in [2.24, 2.45) is 0 Å². The van der Waals surface area contributed by atoms with Gasteiger partial charge in [-0.3, -0.25) is 9.48 Å². The number of carbonyl (C=O) groups is 1. The Kier molecular flexibility index (Phi) is 6.82. The first-order valence-electron chi connectivity index (χ1n) is 10.3. The van der Waals surface area contributed by atoms with Crippen LogP contribution in [0.1, 0.15) is 15.9 Å². The van der Waals surface area contributed by atoms with E-state index in [1.165, 1.54) is 0 Å². The molecule has 8 heteroatoms. The van der Waals surface area contributed by atoms with Crippen LogP contribution in [0.3, 0.4) is 0 Å². The zero-order valence-electron chi connectivity index (χ0n) is 18.0. The van der Waals surface area contributed by atoms with Crippen LogP contribution in [0, 0.1) is 0 Å². The molecule has 0 radical (unpaired) electrons. The Bertz CT molecular complexity index is 1240. The van der Waals surface area contributed by atoms with Crippen LogP contribution in [-0.2, 0) is 13.1 Å². The minimum absolute atomic E-state index is 0.164. The molecule has 7 nitrogen and oxygen atoms in total. The van der Waals surface area contributed by atoms with E-state index in [0.29, 0.717) is 12.1 Å². The molecule has 32 heavy (non-hydrogen) atoms. The number of pyridine rings is 1. The molecular weight excluding hydrogens is 468 g/mol. The van der Waals surface area contributed by atoms with Crippen molar-refractivity contribution >= 4 is 44.1 Å². The highest BCUT2D eigenvalue weighted by Crippen LogP contribution is 2.22. The molecule has 0 unspecified atom stereocenters. The van der Waals surface area contributed by atoms with Gasteiger partial charge in [-0.05, 0) is 78.1 Å². The molecule has 2 aromatic carbocycles. The molecule has 0 aliphatic carbocycles. The lowest BCUT2D eigenvalue weighted by Crippen LogP contribution is -2.18. The summed E-state index contributed by atoms with van der Waals surface area (Å²) in [6, 6.07) is 17.2. The molecule has 1 amide bonds. The van der Waals surface area contributed by atoms with Gasteiger partial charge >= 0.3 is 0 Å². The molecule has 0 atom stereocenters. The summed E-state index contributed by atoms with van der Waals surface area (Å²) in [6.07, 6.45) is 3.76. The molecule has 4 rings (SSSR count). The van der Waals surface area contributed by atoms with Crippen LogP contribution in [0.4, 0.5) is 11.4 Å². The second kappa shape index (κ2) is 9.93. The maximum absolute atomic E-state index is 13.0. The number of carbonyl (C=O) groups excluding carboxylic acids is 1. The summed E-state index contributed by atoms with van der Waals surface area (Å²) in [4.78, 5) is 19.3. The summed E-state index contributed by atoms with van der Waals surface area (Å²) < 4.78 is 2.72. The second-order valence-corrected chi connectivity index (χ2v) is 8.62. The first-order chi connectivity index (χ1) is 15.5. The van der Waals surface area contributed by atoms with Crippen LogP contribution in [-0.4, -0.2) is 46.2 Å². The van der Waals surface area contributed by atoms with Crippen molar-refractivity contribution in [1.29, 1.82) is 0 Å². The lowest BCUT2D eigenvalue weighted by Gasteiger charge is -2.12. The summed E-state index contributed by atoms with van der Waals surface area (Å²) in [5, 5.41) is 12.0. The standard InChI is InChI=1S/C24H25BrN6O/c1-30(2)11-12-31-16-18-14-19(7-8-21(18)29-31)28-24(32)20-5-3-4-6-22(20)27-15-17-9-10-26-23(25)13-17/h3-10,13-14,16,27H,11-12,15H2,1-2H3,(H,28,32). The van der Waals surface area contributed by atoms with Crippen LogP contribution in [0.25, 0.3) is 10.9 Å². The van der Waals surface area contributed by atoms with E-state index in [-0.39, 0.29) is 5.91 Å². The van der Waals surface area contributed by atoms with Gasteiger partial charge in [0, 0.05) is 42.2 Å². The number of aromatic nitrogens is 3. The number of likely N-dealkylation sites (N-methyl/N-ethyl adjacent to an activating group) is 1. The average Bonchev–Trinajstić information content (AvgIpc) is 3.19. The van der Waals surface area contributed by atoms with E-state index >= 15 is 0 Å². The number of benzene rings is 2. The summed E-state index contributed by atoms with van der Waals surface area (Å²) in [5.41, 5.74) is 4.08. The quantitative estimate of drug-likeness (QED) is 0.351. The average molecular weight is 493 g/mol. The van der Waals surface area contributed by atoms with Crippen molar-refractivity contribution in [3.05, 3.63) is 82.7 Å². The van der Waals surface area contributed by atoms with Gasteiger partial charge in [0.05, 0.1) is 17.6 Å². The third-order valence-corrected chi connectivity index (χ3v) is 5.47. The second-order valence-electron chi connectivity index (χ2n) is 7.81. The van der Waals surface area contributed by atoms with E-state index in [9.17, 15) is 4.79 Å². The molecule has 0 aliphatic heterocycles. The van der Waals surface area contributed by atoms with Gasteiger partial charge in [0.1, 0.15) is 4.60 Å². The fourth-order valence-corrected chi connectivity index (χ4v) is 3.77. The number of halogens is 1. The highest BCUT2D eigenvalue weighted by atomic mass is 79.9. The van der Waals surface area contributed by atoms with Crippen LogP contribution in [0.5, 0.6) is 0 Å². The van der Waals surface area contributed by atoms with E-state index < -0.39 is 0 Å². The van der Waals surface area contributed by atoms with Crippen molar-refractivity contribution in [2.45, 2.75) is 13.1 Å². The van der Waals surface area contributed by atoms with Crippen LogP contribution >= 0.6 is 15.9 Å². The number of amides is 1. The molecule has 0 aliphatic rings. The number of nitrogens with one attached hydrogen (secondary N) is 2. The fraction of sp³-hybridized carbons (Fsp3) is 0.208. The Morgan fingerprint density at radius 3 is 2.78 bits per heavy atom. The molecule has 0 fully saturated rings. The van der Waals surface area contributed by atoms with Crippen molar-refractivity contribution in [1.82, 2.24) is 19.7 Å². The van der Waals surface area contributed by atoms with E-state index in [1.54, 1.807) is 6.20 Å². The fourth-order valence-electron chi connectivity index (χ4n) is 3.36. The van der Waals surface area contributed by atoms with Crippen molar-refractivity contribution in [3.8, 4) is 0 Å². The predicted molar refractivity (Wildman–Crippen MR) is 132 cm³/mol. The third-order valence-electron chi connectivity index (χ3n) is 5.03. The summed E-state index contributed by atoms with van der Waals surface area (Å²) in [6.45, 7) is 2.32. The van der Waals surface area contributed by atoms with Gasteiger partial charge in [-0.15, -0.1) is 0 Å². The van der Waals surface area contributed by atoms with Crippen molar-refractivity contribution < 1.29 is 4.79 Å². The first kappa shape index (κ1) is 22.0. The topological polar surface area (TPSA) is 75.1 Å². The molecule has 4 aromatic rings. The highest BCUT2D eigenvalue weighted by Gasteiger charge is 2.12. The van der Waals surface area contributed by atoms with Gasteiger partial charge in [0.15, 0.2) is 0 Å². The molecular formula is C24H25BrN6O. The van der Waals surface area contributed by atoms with E-state index in [0.717, 1.165) is 45.5 Å². The molecule has 0 saturated carbocycles. The monoisotopic (exact) mass is 492 g/mol. The van der Waals surface area contributed by atoms with Crippen molar-refractivity contribution in [3.63, 3.8) is 0 Å². The molecule has 0 bridgehead atoms. The number of anilines is 2. The van der Waals surface area contributed by atoms with Crippen LogP contribution < -0.4 is 10.6 Å². The summed E-state index contributed by atoms with van der Waals surface area (Å²) in [5.74, 6) is -0.164. The maximum atomic E-state index is 13.0. The zero-order valence-corrected chi connectivity index (χ0v) is 19.6. The van der Waals surface area contributed by atoms with Gasteiger partial charge in [-0.25, -0.2) is 4.98 Å². The molecule has 2 aromatic heterocycles. The lowest BCUT2D eigenvalue weighted by molar-refractivity contribution is 0.102. The zero-order chi connectivity index (χ0) is 22.5. The maximum Gasteiger partial charge on any atom is 0.257 e. The molecule has 2 heterocycles. The molecule has 2 N–H and O–H groups in total. The first-order valence-corrected chi connectivity index (χ1v) is 11.1. The lowest BCUT2D eigenvalue weighted by atomic mass is 10.1. The summed E-state index contributed by atoms with van der Waals surface area (Å²) in [7, 11) is 4.08. The van der Waals surface area contributed by atoms with Gasteiger partial charge in [0.25, 0.3) is 5.91 Å². The van der Waals surface area contributed by atoms with E-state index in [4.69, 9.17) is 0 Å². The molecule has 0 spiro atoms. The third kappa shape index (κ3) is 5.52. The highest BCUT2D eigenvalue weighted by molar-refractivity contribution is 9.10. The van der Waals surface area contributed by atoms with Gasteiger partial charge < -0.3 is 15.5 Å². The molecule has 0 saturated heterocycles. The van der Waals surface area contributed by atoms with Crippen LogP contribution in [0.2, 0.25) is 0 Å². The largest absolute Gasteiger partial charge is 0.380 e. The smallest absolute Gasteiger partial charge is 0.257 e. The van der Waals surface area contributed by atoms with E-state index in [2.05, 4.69) is 41.5 Å². The predicted octanol–water partition coefficient (Wildman–Crippen LogP) is 4.62. The van der Waals surface area contributed by atoms with Gasteiger partial charge in [-0.2, -0.15) is 5.10 Å². The SMILES string of the molecule is CN(C)CCn1cc2cc(NC(=O)c3ccccc3NCc3ccnc(Br)c3)ccc2n1. The minimum atomic E-state index is -0.164. The number of para-hydroxylation sites is 1. The number of hydrogen-bond donors (Lipinski definition) is 2. The number of hydrogen-bond acceptors (Lipinski definition) is 5. The van der Waals surface area contributed by atoms with Gasteiger partial charge in [-0.1, -0.05) is 12.1 Å². The van der Waals surface area contributed by atoms with E-state index in [1.807, 2.05) is 79.6 Å². The Hall–Kier alpha value is -3.23. The Morgan fingerprint density at radius 1 is 1.12 bits per heavy atom. The van der Waals surface area contributed by atoms with Gasteiger partial charge in [0.2, 0.25) is 0 Å². The number of nitrogens with zero attached hydrogens (tertiary/aromatic N) is 4. The van der Waals surface area contributed by atoms with Crippen molar-refractivity contribution in [2.75, 3.05) is 31.3 Å².